The summed E-state index contributed by atoms with van der Waals surface area (Å²) in [5, 5.41) is 3.06. The number of nitrogens with one attached hydrogen (secondary N) is 1. The summed E-state index contributed by atoms with van der Waals surface area (Å²) in [6.45, 7) is 0. The van der Waals surface area contributed by atoms with Crippen LogP contribution in [0.4, 0.5) is 20.3 Å². The molecule has 0 aliphatic heterocycles. The minimum absolute atomic E-state index is 0.256. The Bertz CT molecular complexity index is 1430. The first-order valence-corrected chi connectivity index (χ1v) is 11.3. The van der Waals surface area contributed by atoms with E-state index in [4.69, 9.17) is 11.6 Å². The van der Waals surface area contributed by atoms with Crippen molar-refractivity contribution >= 4 is 90.6 Å². The molecule has 0 radical (unpaired) electrons. The summed E-state index contributed by atoms with van der Waals surface area (Å²) in [7, 11) is 3.65. The number of nitrogens with zero attached hydrogens (tertiary/aromatic N) is 8. The van der Waals surface area contributed by atoms with Gasteiger partial charge in [0.25, 0.3) is 0 Å². The Morgan fingerprint density at radius 3 is 2.00 bits per heavy atom. The molecule has 1 N–H and O–H groups in total. The molecular weight excluding hydrogens is 670 g/mol. The van der Waals surface area contributed by atoms with Crippen molar-refractivity contribution in [1.82, 2.24) is 39.0 Å². The van der Waals surface area contributed by atoms with Gasteiger partial charge in [0.05, 0.1) is 12.7 Å². The first-order valence-electron chi connectivity index (χ1n) is 8.80. The van der Waals surface area contributed by atoms with Crippen molar-refractivity contribution in [3.8, 4) is 0 Å². The van der Waals surface area contributed by atoms with Crippen LogP contribution in [0.5, 0.6) is 0 Å². The molecule has 164 valence electrons. The van der Waals surface area contributed by atoms with Crippen LogP contribution in [-0.4, -0.2) is 39.0 Å². The van der Waals surface area contributed by atoms with Crippen molar-refractivity contribution in [1.29, 1.82) is 0 Å². The second-order valence-corrected chi connectivity index (χ2v) is 8.69. The molecule has 32 heavy (non-hydrogen) atoms. The highest BCUT2D eigenvalue weighted by Crippen LogP contribution is 2.26. The normalized spacial score (nSPS) is 11.0. The predicted molar refractivity (Wildman–Crippen MR) is 133 cm³/mol. The lowest BCUT2D eigenvalue weighted by atomic mass is 10.3. The van der Waals surface area contributed by atoms with Gasteiger partial charge in [-0.15, -0.1) is 0 Å². The molecule has 4 aromatic heterocycles. The highest BCUT2D eigenvalue weighted by atomic mass is 127. The Morgan fingerprint density at radius 2 is 1.38 bits per heavy atom. The quantitative estimate of drug-likeness (QED) is 0.165. The monoisotopic (exact) mass is 681 g/mol. The maximum Gasteiger partial charge on any atom is 0.194 e. The van der Waals surface area contributed by atoms with E-state index in [1.165, 1.54) is 18.2 Å². The van der Waals surface area contributed by atoms with Gasteiger partial charge < -0.3 is 14.5 Å². The standard InChI is InChI=1S/C12H8F2IN5.C6H4ClIN4/c1-20-5-16-9-10(18-12(15)19-11(9)20)17-8-6(13)3-2-4-7(8)14;1-12-2-9-3-4(7)10-6(8)11-5(3)12/h2-5H,1H3,(H,17,18,19);2H,1H3. The highest BCUT2D eigenvalue weighted by molar-refractivity contribution is 14.1. The number of fused-ring (bicyclic) bond motifs is 2. The zero-order valence-corrected chi connectivity index (χ0v) is 21.4. The maximum atomic E-state index is 13.7. The molecule has 0 amide bonds. The van der Waals surface area contributed by atoms with Gasteiger partial charge in [0.2, 0.25) is 0 Å². The fourth-order valence-electron chi connectivity index (χ4n) is 2.75. The van der Waals surface area contributed by atoms with Crippen LogP contribution in [0.3, 0.4) is 0 Å². The van der Waals surface area contributed by atoms with E-state index in [1.807, 2.05) is 56.8 Å². The molecule has 0 spiro atoms. The number of benzene rings is 1. The van der Waals surface area contributed by atoms with Gasteiger partial charge >= 0.3 is 0 Å². The number of halogens is 5. The molecule has 0 saturated heterocycles. The summed E-state index contributed by atoms with van der Waals surface area (Å²) in [5.41, 5.74) is 2.20. The number of rotatable bonds is 2. The number of aromatic nitrogens is 8. The van der Waals surface area contributed by atoms with Gasteiger partial charge in [-0.05, 0) is 12.1 Å². The second kappa shape index (κ2) is 9.30. The summed E-state index contributed by atoms with van der Waals surface area (Å²) in [4.78, 5) is 24.7. The number of anilines is 2. The van der Waals surface area contributed by atoms with Crippen molar-refractivity contribution in [3.05, 3.63) is 55.3 Å². The Morgan fingerprint density at radius 1 is 0.844 bits per heavy atom. The largest absolute Gasteiger partial charge is 0.333 e. The van der Waals surface area contributed by atoms with E-state index < -0.39 is 11.6 Å². The molecule has 0 aliphatic carbocycles. The van der Waals surface area contributed by atoms with Crippen molar-refractivity contribution in [2.45, 2.75) is 0 Å². The van der Waals surface area contributed by atoms with Crippen molar-refractivity contribution in [2.75, 3.05) is 5.32 Å². The van der Waals surface area contributed by atoms with Gasteiger partial charge in [-0.3, -0.25) is 0 Å². The maximum absolute atomic E-state index is 13.7. The fourth-order valence-corrected chi connectivity index (χ4v) is 4.05. The van der Waals surface area contributed by atoms with E-state index >= 15 is 0 Å². The lowest BCUT2D eigenvalue weighted by Crippen LogP contribution is -2.03. The molecule has 0 atom stereocenters. The zero-order valence-electron chi connectivity index (χ0n) is 16.4. The molecule has 0 unspecified atom stereocenters. The average molecular weight is 682 g/mol. The van der Waals surface area contributed by atoms with E-state index in [-0.39, 0.29) is 11.5 Å². The molecule has 4 heterocycles. The van der Waals surface area contributed by atoms with E-state index in [1.54, 1.807) is 24.3 Å². The van der Waals surface area contributed by atoms with Gasteiger partial charge in [0, 0.05) is 59.3 Å². The second-order valence-electron chi connectivity index (χ2n) is 6.40. The molecule has 0 fully saturated rings. The smallest absolute Gasteiger partial charge is 0.194 e. The third-order valence-corrected chi connectivity index (χ3v) is 5.46. The molecule has 5 aromatic rings. The molecule has 0 bridgehead atoms. The zero-order chi connectivity index (χ0) is 23.0. The van der Waals surface area contributed by atoms with Crippen LogP contribution in [0.25, 0.3) is 22.3 Å². The molecular formula is C18H12ClF2I2N9. The Kier molecular flexibility index (Phi) is 6.66. The lowest BCUT2D eigenvalue weighted by Gasteiger charge is -2.08. The summed E-state index contributed by atoms with van der Waals surface area (Å²) in [6, 6.07) is 3.65. The molecule has 5 rings (SSSR count). The van der Waals surface area contributed by atoms with Crippen LogP contribution in [0, 0.1) is 19.3 Å². The third kappa shape index (κ3) is 4.59. The molecule has 0 saturated carbocycles. The van der Waals surface area contributed by atoms with Gasteiger partial charge in [0.15, 0.2) is 35.4 Å². The van der Waals surface area contributed by atoms with Crippen LogP contribution in [0.1, 0.15) is 0 Å². The van der Waals surface area contributed by atoms with Crippen LogP contribution in [0.15, 0.2) is 30.9 Å². The summed E-state index contributed by atoms with van der Waals surface area (Å²) < 4.78 is 31.9. The Labute approximate surface area is 212 Å². The highest BCUT2D eigenvalue weighted by Gasteiger charge is 2.15. The van der Waals surface area contributed by atoms with E-state index in [0.29, 0.717) is 29.5 Å². The Balaban J connectivity index is 0.000000174. The van der Waals surface area contributed by atoms with Gasteiger partial charge in [-0.2, -0.15) is 0 Å². The number of hydrogen-bond acceptors (Lipinski definition) is 7. The van der Waals surface area contributed by atoms with Gasteiger partial charge in [-0.25, -0.2) is 38.7 Å². The summed E-state index contributed by atoms with van der Waals surface area (Å²) >= 11 is 9.80. The number of imidazole rings is 2. The minimum Gasteiger partial charge on any atom is -0.333 e. The van der Waals surface area contributed by atoms with Gasteiger partial charge in [-0.1, -0.05) is 17.7 Å². The third-order valence-electron chi connectivity index (χ3n) is 4.23. The van der Waals surface area contributed by atoms with E-state index in [2.05, 4.69) is 35.2 Å². The molecule has 9 nitrogen and oxygen atoms in total. The first-order chi connectivity index (χ1) is 15.2. The van der Waals surface area contributed by atoms with E-state index in [9.17, 15) is 8.78 Å². The number of para-hydroxylation sites is 1. The van der Waals surface area contributed by atoms with Gasteiger partial charge in [0.1, 0.15) is 22.8 Å². The van der Waals surface area contributed by atoms with Crippen molar-refractivity contribution in [2.24, 2.45) is 14.1 Å². The predicted octanol–water partition coefficient (Wildman–Crippen LogP) is 4.61. The molecule has 14 heteroatoms. The summed E-state index contributed by atoms with van der Waals surface area (Å²) in [5.74, 6) is -1.12. The van der Waals surface area contributed by atoms with Crippen molar-refractivity contribution in [3.63, 3.8) is 0 Å². The SMILES string of the molecule is Cn1cnc2c(Cl)nc(I)nc21.Cn1cnc2c(Nc3c(F)cccc3F)nc(I)nc21. The van der Waals surface area contributed by atoms with Crippen LogP contribution >= 0.6 is 56.8 Å². The number of hydrogen-bond donors (Lipinski definition) is 1. The molecule has 0 aliphatic rings. The molecule has 1 aromatic carbocycles. The lowest BCUT2D eigenvalue weighted by molar-refractivity contribution is 0.590. The van der Waals surface area contributed by atoms with E-state index in [0.717, 1.165) is 5.65 Å². The average Bonchev–Trinajstić information content (AvgIpc) is 3.29. The summed E-state index contributed by atoms with van der Waals surface area (Å²) in [6.07, 6.45) is 3.24. The van der Waals surface area contributed by atoms with Crippen LogP contribution in [-0.2, 0) is 14.1 Å². The fraction of sp³-hybridized carbons (Fsp3) is 0.111. The number of aryl methyl sites for hydroxylation is 2. The van der Waals surface area contributed by atoms with Crippen LogP contribution < -0.4 is 5.32 Å². The topological polar surface area (TPSA) is 99.2 Å². The van der Waals surface area contributed by atoms with Crippen molar-refractivity contribution < 1.29 is 8.78 Å². The first kappa shape index (κ1) is 22.9. The Hall–Kier alpha value is -2.27. The minimum atomic E-state index is -0.692. The van der Waals surface area contributed by atoms with Crippen LogP contribution in [0.2, 0.25) is 5.15 Å².